The third-order valence-electron chi connectivity index (χ3n) is 12.1. The summed E-state index contributed by atoms with van der Waals surface area (Å²) in [4.78, 5) is 34.8. The van der Waals surface area contributed by atoms with E-state index in [1.165, 1.54) is 19.3 Å². The first-order valence-electron chi connectivity index (χ1n) is 20.2. The topological polar surface area (TPSA) is 117 Å². The number of amides is 2. The van der Waals surface area contributed by atoms with Gasteiger partial charge in [-0.05, 0) is 115 Å². The van der Waals surface area contributed by atoms with Gasteiger partial charge in [0.25, 0.3) is 11.8 Å². The minimum Gasteiger partial charge on any atom is -0.497 e. The number of nitrogens with zero attached hydrogens (tertiary/aromatic N) is 5. The van der Waals surface area contributed by atoms with Crippen LogP contribution in [-0.2, 0) is 16.4 Å². The number of aromatic nitrogens is 2. The zero-order valence-corrected chi connectivity index (χ0v) is 35.5. The fourth-order valence-electron chi connectivity index (χ4n) is 8.44. The van der Waals surface area contributed by atoms with Gasteiger partial charge in [-0.2, -0.15) is 5.10 Å². The highest BCUT2D eigenvalue weighted by Crippen LogP contribution is 2.41. The van der Waals surface area contributed by atoms with E-state index in [2.05, 4.69) is 61.9 Å². The van der Waals surface area contributed by atoms with Crippen LogP contribution in [0.25, 0.3) is 17.3 Å². The molecule has 1 saturated carbocycles. The summed E-state index contributed by atoms with van der Waals surface area (Å²) in [6.07, 6.45) is 8.77. The van der Waals surface area contributed by atoms with Crippen molar-refractivity contribution in [1.82, 2.24) is 24.3 Å². The quantitative estimate of drug-likeness (QED) is 0.224. The summed E-state index contributed by atoms with van der Waals surface area (Å²) < 4.78 is 35.6. The van der Waals surface area contributed by atoms with Gasteiger partial charge in [0.15, 0.2) is 0 Å². The zero-order chi connectivity index (χ0) is 40.6. The minimum absolute atomic E-state index is 0.00451. The van der Waals surface area contributed by atoms with Crippen LogP contribution in [0.5, 0.6) is 5.75 Å². The second-order valence-electron chi connectivity index (χ2n) is 16.7. The molecular formula is C44H60N6O5S. The van der Waals surface area contributed by atoms with Gasteiger partial charge in [-0.25, -0.2) is 13.1 Å². The maximum absolute atomic E-state index is 14.8. The molecule has 3 heterocycles. The van der Waals surface area contributed by atoms with Crippen LogP contribution in [-0.4, -0.2) is 90.9 Å². The molecular weight excluding hydrogens is 725 g/mol. The smallest absolute Gasteiger partial charge is 0.264 e. The molecule has 1 saturated heterocycles. The number of methoxy groups -OCH3 is 1. The molecule has 0 spiro atoms. The van der Waals surface area contributed by atoms with Crippen LogP contribution in [0.4, 0.5) is 5.69 Å². The summed E-state index contributed by atoms with van der Waals surface area (Å²) in [6, 6.07) is 11.8. The molecule has 12 heteroatoms. The number of carbonyl (C=O) groups excluding carboxylic acids is 2. The number of carbonyl (C=O) groups is 2. The summed E-state index contributed by atoms with van der Waals surface area (Å²) in [6.45, 7) is 19.7. The Morgan fingerprint density at radius 3 is 2.30 bits per heavy atom. The molecule has 2 atom stereocenters. The van der Waals surface area contributed by atoms with E-state index in [4.69, 9.17) is 9.84 Å². The molecule has 6 rings (SSSR count). The molecule has 1 aromatic heterocycles. The molecule has 3 aromatic rings. The third kappa shape index (κ3) is 8.32. The van der Waals surface area contributed by atoms with E-state index in [0.29, 0.717) is 48.3 Å². The maximum atomic E-state index is 14.8. The van der Waals surface area contributed by atoms with Gasteiger partial charge in [0.2, 0.25) is 10.0 Å². The van der Waals surface area contributed by atoms with Crippen LogP contribution >= 0.6 is 0 Å². The molecule has 302 valence electrons. The standard InChI is InChI=1S/C44H60N6O5S/c1-27(2)50-32(8)41(44(52)48-24-29(5)47(9)30(6)25-48)42(45-50)37-21-36-22-38(55-10)18-19-39(36)31(7)49(26-37)40-23-35(43(51)46-56(53,54)28(3)4)17-16-34(40)20-33-14-12-11-13-15-33/h16-19,21-23,27-30,33H,7,11-15,20,24-26H2,1-6,8-10H3,(H,46,51). The van der Waals surface area contributed by atoms with Crippen LogP contribution < -0.4 is 14.4 Å². The van der Waals surface area contributed by atoms with E-state index in [1.54, 1.807) is 33.1 Å². The highest BCUT2D eigenvalue weighted by molar-refractivity contribution is 7.90. The van der Waals surface area contributed by atoms with Crippen molar-refractivity contribution in [3.8, 4) is 5.75 Å². The molecule has 3 aliphatic rings. The summed E-state index contributed by atoms with van der Waals surface area (Å²) in [5, 5.41) is 4.43. The first-order valence-corrected chi connectivity index (χ1v) is 21.7. The average Bonchev–Trinajstić information content (AvgIpc) is 3.44. The minimum atomic E-state index is -3.87. The first-order chi connectivity index (χ1) is 26.5. The Labute approximate surface area is 333 Å². The molecule has 2 aliphatic heterocycles. The molecule has 2 aromatic carbocycles. The number of fused-ring (bicyclic) bond motifs is 1. The Hall–Kier alpha value is -4.42. The van der Waals surface area contributed by atoms with E-state index in [9.17, 15) is 18.0 Å². The Morgan fingerprint density at radius 2 is 1.68 bits per heavy atom. The number of rotatable bonds is 10. The highest BCUT2D eigenvalue weighted by atomic mass is 32.2. The molecule has 0 radical (unpaired) electrons. The lowest BCUT2D eigenvalue weighted by molar-refractivity contribution is 0.0413. The number of nitrogens with one attached hydrogen (secondary N) is 1. The van der Waals surface area contributed by atoms with Crippen molar-refractivity contribution in [2.75, 3.05) is 38.7 Å². The van der Waals surface area contributed by atoms with Gasteiger partial charge in [0.05, 0.1) is 24.5 Å². The second-order valence-corrected chi connectivity index (χ2v) is 18.9. The Bertz CT molecular complexity index is 2120. The average molecular weight is 785 g/mol. The first kappa shape index (κ1) is 41.2. The van der Waals surface area contributed by atoms with Gasteiger partial charge in [-0.15, -0.1) is 0 Å². The van der Waals surface area contributed by atoms with Crippen molar-refractivity contribution >= 4 is 44.9 Å². The van der Waals surface area contributed by atoms with Gasteiger partial charge in [-0.1, -0.05) is 44.7 Å². The van der Waals surface area contributed by atoms with Gasteiger partial charge in [-0.3, -0.25) is 19.2 Å². The summed E-state index contributed by atoms with van der Waals surface area (Å²) in [5.41, 5.74) is 7.34. The second kappa shape index (κ2) is 16.6. The van der Waals surface area contributed by atoms with E-state index < -0.39 is 21.2 Å². The SMILES string of the molecule is C=C1c2ccc(OC)cc2C=C(c2nn(C(C)C)c(C)c2C(=O)N2CC(C)N(C)C(C)C2)CN1c1cc(C(=O)NS(=O)(=O)C(C)C)ccc1CC1CCCCC1. The van der Waals surface area contributed by atoms with Crippen LogP contribution in [0, 0.1) is 12.8 Å². The van der Waals surface area contributed by atoms with Crippen molar-refractivity contribution in [2.45, 2.75) is 110 Å². The number of hydrogen-bond acceptors (Lipinski definition) is 8. The molecule has 2 fully saturated rings. The summed E-state index contributed by atoms with van der Waals surface area (Å²) in [5.74, 6) is 0.447. The number of anilines is 1. The normalized spacial score (nSPS) is 19.9. The van der Waals surface area contributed by atoms with E-state index >= 15 is 0 Å². The van der Waals surface area contributed by atoms with Crippen molar-refractivity contribution in [1.29, 1.82) is 0 Å². The summed E-state index contributed by atoms with van der Waals surface area (Å²) >= 11 is 0. The fraction of sp³-hybridized carbons (Fsp3) is 0.523. The molecule has 56 heavy (non-hydrogen) atoms. The number of piperazine rings is 1. The van der Waals surface area contributed by atoms with Crippen LogP contribution in [0.1, 0.15) is 128 Å². The van der Waals surface area contributed by atoms with E-state index in [0.717, 1.165) is 52.9 Å². The van der Waals surface area contributed by atoms with Gasteiger partial charge < -0.3 is 14.5 Å². The molecule has 2 amide bonds. The Balaban J connectivity index is 1.53. The molecule has 11 nitrogen and oxygen atoms in total. The molecule has 2 unspecified atom stereocenters. The highest BCUT2D eigenvalue weighted by Gasteiger charge is 2.36. The molecule has 1 aliphatic carbocycles. The Morgan fingerprint density at radius 1 is 1.00 bits per heavy atom. The van der Waals surface area contributed by atoms with Crippen molar-refractivity contribution < 1.29 is 22.7 Å². The lowest BCUT2D eigenvalue weighted by atomic mass is 9.84. The van der Waals surface area contributed by atoms with E-state index in [-0.39, 0.29) is 29.6 Å². The fourth-order valence-corrected chi connectivity index (χ4v) is 9.05. The number of benzene rings is 2. The predicted molar refractivity (Wildman–Crippen MR) is 225 cm³/mol. The maximum Gasteiger partial charge on any atom is 0.264 e. The summed E-state index contributed by atoms with van der Waals surface area (Å²) in [7, 11) is -0.117. The number of ether oxygens (including phenoxy) is 1. The van der Waals surface area contributed by atoms with Gasteiger partial charge in [0.1, 0.15) is 11.4 Å². The lowest BCUT2D eigenvalue weighted by Gasteiger charge is -2.42. The van der Waals surface area contributed by atoms with Crippen LogP contribution in [0.2, 0.25) is 0 Å². The number of likely N-dealkylation sites (N-methyl/N-ethyl adjacent to an activating group) is 1. The van der Waals surface area contributed by atoms with Crippen molar-refractivity contribution in [3.63, 3.8) is 0 Å². The molecule has 1 N–H and O–H groups in total. The van der Waals surface area contributed by atoms with Crippen molar-refractivity contribution in [2.24, 2.45) is 5.92 Å². The Kier molecular flexibility index (Phi) is 12.2. The molecule has 0 bridgehead atoms. The van der Waals surface area contributed by atoms with Crippen molar-refractivity contribution in [3.05, 3.63) is 82.2 Å². The third-order valence-corrected chi connectivity index (χ3v) is 13.8. The number of hydrogen-bond donors (Lipinski definition) is 1. The number of sulfonamides is 1. The predicted octanol–water partition coefficient (Wildman–Crippen LogP) is 7.57. The van der Waals surface area contributed by atoms with Gasteiger partial charge >= 0.3 is 0 Å². The van der Waals surface area contributed by atoms with Crippen LogP contribution in [0.15, 0.2) is 43.0 Å². The van der Waals surface area contributed by atoms with Gasteiger partial charge in [0, 0.05) is 65.0 Å². The lowest BCUT2D eigenvalue weighted by Crippen LogP contribution is -2.56. The van der Waals surface area contributed by atoms with Crippen LogP contribution in [0.3, 0.4) is 0 Å². The van der Waals surface area contributed by atoms with E-state index in [1.807, 2.05) is 40.8 Å². The monoisotopic (exact) mass is 784 g/mol. The zero-order valence-electron chi connectivity index (χ0n) is 34.7. The largest absolute Gasteiger partial charge is 0.497 e.